The number of anilines is 2. The van der Waals surface area contributed by atoms with E-state index in [0.29, 0.717) is 5.69 Å². The number of nitro groups is 1. The van der Waals surface area contributed by atoms with Gasteiger partial charge in [-0.05, 0) is 56.0 Å². The molecule has 1 spiro atoms. The molecular formula is C23H23N5O2. The van der Waals surface area contributed by atoms with Gasteiger partial charge in [0.05, 0.1) is 16.3 Å². The summed E-state index contributed by atoms with van der Waals surface area (Å²) in [5.74, 6) is 0. The number of non-ortho nitro benzene ring substituents is 1. The Balaban J connectivity index is 1.49. The predicted octanol–water partition coefficient (Wildman–Crippen LogP) is 7.05. The van der Waals surface area contributed by atoms with Gasteiger partial charge in [-0.1, -0.05) is 25.0 Å². The van der Waals surface area contributed by atoms with Crippen LogP contribution in [0.3, 0.4) is 0 Å². The molecular weight excluding hydrogens is 378 g/mol. The molecule has 7 nitrogen and oxygen atoms in total. The number of nitro benzene ring substituents is 1. The lowest BCUT2D eigenvalue weighted by atomic mass is 9.93. The van der Waals surface area contributed by atoms with E-state index in [1.54, 1.807) is 12.1 Å². The van der Waals surface area contributed by atoms with E-state index >= 15 is 0 Å². The maximum absolute atomic E-state index is 10.8. The first-order valence-electron chi connectivity index (χ1n) is 10.4. The fourth-order valence-corrected chi connectivity index (χ4v) is 4.57. The van der Waals surface area contributed by atoms with Crippen molar-refractivity contribution in [3.8, 4) is 0 Å². The van der Waals surface area contributed by atoms with Gasteiger partial charge >= 0.3 is 0 Å². The number of nitrogens with one attached hydrogen (secondary N) is 2. The van der Waals surface area contributed by atoms with Gasteiger partial charge in [-0.2, -0.15) is 5.11 Å². The van der Waals surface area contributed by atoms with Crippen molar-refractivity contribution in [3.63, 3.8) is 0 Å². The lowest BCUT2D eigenvalue weighted by molar-refractivity contribution is -0.384. The van der Waals surface area contributed by atoms with Crippen molar-refractivity contribution < 1.29 is 4.92 Å². The first kappa shape index (κ1) is 18.5. The second kappa shape index (κ2) is 7.40. The van der Waals surface area contributed by atoms with Crippen LogP contribution in [0.4, 0.5) is 28.4 Å². The zero-order chi connectivity index (χ0) is 20.6. The Morgan fingerprint density at radius 1 is 0.833 bits per heavy atom. The maximum atomic E-state index is 10.8. The average molecular weight is 401 g/mol. The molecule has 5 rings (SSSR count). The van der Waals surface area contributed by atoms with Crippen LogP contribution in [0.5, 0.6) is 0 Å². The highest BCUT2D eigenvalue weighted by atomic mass is 16.6. The lowest BCUT2D eigenvalue weighted by Gasteiger charge is -2.41. The molecule has 30 heavy (non-hydrogen) atoms. The molecule has 0 radical (unpaired) electrons. The Hall–Kier alpha value is -3.48. The largest absolute Gasteiger partial charge is 0.362 e. The third-order valence-electron chi connectivity index (χ3n) is 6.06. The van der Waals surface area contributed by atoms with Crippen molar-refractivity contribution in [2.24, 2.45) is 10.2 Å². The van der Waals surface area contributed by atoms with E-state index in [1.807, 2.05) is 6.07 Å². The number of hydrogen-bond acceptors (Lipinski definition) is 6. The fourth-order valence-electron chi connectivity index (χ4n) is 4.57. The molecule has 3 aromatic carbocycles. The van der Waals surface area contributed by atoms with E-state index in [-0.39, 0.29) is 11.4 Å². The van der Waals surface area contributed by atoms with E-state index in [0.717, 1.165) is 40.7 Å². The van der Waals surface area contributed by atoms with Gasteiger partial charge < -0.3 is 10.6 Å². The molecule has 152 valence electrons. The molecule has 0 bridgehead atoms. The summed E-state index contributed by atoms with van der Waals surface area (Å²) in [6.45, 7) is 0. The third-order valence-corrected chi connectivity index (χ3v) is 6.06. The van der Waals surface area contributed by atoms with Crippen molar-refractivity contribution in [3.05, 3.63) is 64.7 Å². The van der Waals surface area contributed by atoms with Gasteiger partial charge in [0.1, 0.15) is 5.66 Å². The van der Waals surface area contributed by atoms with Crippen LogP contribution < -0.4 is 10.6 Å². The molecule has 0 saturated heterocycles. The number of nitrogens with zero attached hydrogens (tertiary/aromatic N) is 3. The van der Waals surface area contributed by atoms with E-state index in [9.17, 15) is 10.1 Å². The molecule has 7 heteroatoms. The topological polar surface area (TPSA) is 91.9 Å². The Morgan fingerprint density at radius 3 is 2.23 bits per heavy atom. The first-order chi connectivity index (χ1) is 14.6. The number of azo groups is 1. The number of rotatable bonds is 3. The molecule has 2 N–H and O–H groups in total. The molecule has 1 saturated carbocycles. The van der Waals surface area contributed by atoms with E-state index < -0.39 is 4.92 Å². The van der Waals surface area contributed by atoms with Crippen molar-refractivity contribution in [2.45, 2.75) is 44.2 Å². The van der Waals surface area contributed by atoms with Gasteiger partial charge in [0.25, 0.3) is 5.69 Å². The van der Waals surface area contributed by atoms with Gasteiger partial charge in [0, 0.05) is 34.3 Å². The minimum absolute atomic E-state index is 0.0418. The Bertz CT molecular complexity index is 1120. The smallest absolute Gasteiger partial charge is 0.269 e. The minimum Gasteiger partial charge on any atom is -0.362 e. The predicted molar refractivity (Wildman–Crippen MR) is 119 cm³/mol. The third kappa shape index (κ3) is 3.36. The quantitative estimate of drug-likeness (QED) is 0.279. The number of benzene rings is 3. The van der Waals surface area contributed by atoms with Crippen molar-refractivity contribution in [2.75, 3.05) is 10.6 Å². The van der Waals surface area contributed by atoms with Crippen LogP contribution in [-0.2, 0) is 0 Å². The zero-order valence-electron chi connectivity index (χ0n) is 16.6. The van der Waals surface area contributed by atoms with Gasteiger partial charge in [0.15, 0.2) is 0 Å². The van der Waals surface area contributed by atoms with Gasteiger partial charge in [-0.3, -0.25) is 10.1 Å². The molecule has 0 amide bonds. The van der Waals surface area contributed by atoms with Crippen LogP contribution in [-0.4, -0.2) is 10.6 Å². The van der Waals surface area contributed by atoms with Gasteiger partial charge in [-0.25, -0.2) is 0 Å². The first-order valence-corrected chi connectivity index (χ1v) is 10.4. The molecule has 1 fully saturated rings. The summed E-state index contributed by atoms with van der Waals surface area (Å²) in [7, 11) is 0. The second-order valence-corrected chi connectivity index (χ2v) is 8.08. The van der Waals surface area contributed by atoms with Crippen molar-refractivity contribution in [1.29, 1.82) is 0 Å². The number of hydrogen-bond donors (Lipinski definition) is 2. The average Bonchev–Trinajstić information content (AvgIpc) is 2.98. The standard InChI is InChI=1S/C23H23N5O2/c29-28(30)17-10-8-16(9-11-17)26-27-19-12-13-21-22-18(19)6-5-7-20(22)24-23(25-21)14-3-1-2-4-15-23/h5-13,24-25H,1-4,14-15H2/b27-26+. The van der Waals surface area contributed by atoms with E-state index in [1.165, 1.54) is 37.8 Å². The molecule has 0 unspecified atom stereocenters. The molecule has 3 aromatic rings. The summed E-state index contributed by atoms with van der Waals surface area (Å²) < 4.78 is 0. The van der Waals surface area contributed by atoms with Crippen LogP contribution in [0.25, 0.3) is 10.8 Å². The lowest BCUT2D eigenvalue weighted by Crippen LogP contribution is -2.47. The molecule has 0 atom stereocenters. The Labute approximate surface area is 174 Å². The van der Waals surface area contributed by atoms with Gasteiger partial charge in [0.2, 0.25) is 0 Å². The molecule has 0 aromatic heterocycles. The summed E-state index contributed by atoms with van der Waals surface area (Å²) in [5.41, 5.74) is 3.59. The minimum atomic E-state index is -0.422. The summed E-state index contributed by atoms with van der Waals surface area (Å²) >= 11 is 0. The Morgan fingerprint density at radius 2 is 1.53 bits per heavy atom. The van der Waals surface area contributed by atoms with E-state index in [4.69, 9.17) is 0 Å². The monoisotopic (exact) mass is 401 g/mol. The summed E-state index contributed by atoms with van der Waals surface area (Å²) in [6, 6.07) is 16.4. The van der Waals surface area contributed by atoms with Crippen LogP contribution in [0, 0.1) is 10.1 Å². The van der Waals surface area contributed by atoms with Crippen molar-refractivity contribution >= 4 is 39.2 Å². The molecule has 1 aliphatic heterocycles. The zero-order valence-corrected chi connectivity index (χ0v) is 16.6. The molecule has 2 aliphatic rings. The van der Waals surface area contributed by atoms with Crippen molar-refractivity contribution in [1.82, 2.24) is 0 Å². The highest BCUT2D eigenvalue weighted by molar-refractivity contribution is 6.09. The summed E-state index contributed by atoms with van der Waals surface area (Å²) in [6.07, 6.45) is 7.28. The van der Waals surface area contributed by atoms with Gasteiger partial charge in [-0.15, -0.1) is 5.11 Å². The normalized spacial score (nSPS) is 17.5. The highest BCUT2D eigenvalue weighted by Crippen LogP contribution is 2.45. The SMILES string of the molecule is O=[N+]([O-])c1ccc(/N=N/c2ccc3c4c(cccc24)NC2(CCCCCC2)N3)cc1. The second-order valence-electron chi connectivity index (χ2n) is 8.08. The summed E-state index contributed by atoms with van der Waals surface area (Å²) in [4.78, 5) is 10.4. The van der Waals surface area contributed by atoms with Crippen LogP contribution in [0.15, 0.2) is 64.8 Å². The maximum Gasteiger partial charge on any atom is 0.269 e. The highest BCUT2D eigenvalue weighted by Gasteiger charge is 2.34. The van der Waals surface area contributed by atoms with Crippen LogP contribution in [0.1, 0.15) is 38.5 Å². The molecule has 1 aliphatic carbocycles. The fraction of sp³-hybridized carbons (Fsp3) is 0.304. The van der Waals surface area contributed by atoms with Crippen LogP contribution in [0.2, 0.25) is 0 Å². The molecule has 1 heterocycles. The Kier molecular flexibility index (Phi) is 4.58. The summed E-state index contributed by atoms with van der Waals surface area (Å²) in [5, 5.41) is 29.3. The van der Waals surface area contributed by atoms with E-state index in [2.05, 4.69) is 45.1 Å². The van der Waals surface area contributed by atoms with Crippen LogP contribution >= 0.6 is 0 Å².